The van der Waals surface area contributed by atoms with Gasteiger partial charge in [0.05, 0.1) is 16.5 Å². The fraction of sp³-hybridized carbons (Fsp3) is 0.467. The van der Waals surface area contributed by atoms with E-state index >= 15 is 0 Å². The van der Waals surface area contributed by atoms with Crippen LogP contribution in [0.5, 0.6) is 0 Å². The third-order valence-corrected chi connectivity index (χ3v) is 5.55. The highest BCUT2D eigenvalue weighted by Crippen LogP contribution is 2.42. The Labute approximate surface area is 126 Å². The second kappa shape index (κ2) is 4.96. The third kappa shape index (κ3) is 2.18. The number of hydrogen-bond donors (Lipinski definition) is 1. The molecule has 0 radical (unpaired) electrons. The maximum absolute atomic E-state index is 11.3. The molecule has 2 aliphatic rings. The summed E-state index contributed by atoms with van der Waals surface area (Å²) in [4.78, 5) is 14.7. The van der Waals surface area contributed by atoms with Gasteiger partial charge in [-0.1, -0.05) is 11.2 Å². The molecule has 0 aliphatic carbocycles. The summed E-state index contributed by atoms with van der Waals surface area (Å²) in [6.45, 7) is 0.688. The van der Waals surface area contributed by atoms with Gasteiger partial charge in [0.15, 0.2) is 5.76 Å². The lowest BCUT2D eigenvalue weighted by molar-refractivity contribution is -0.142. The van der Waals surface area contributed by atoms with E-state index in [1.54, 1.807) is 11.3 Å². The Bertz CT molecular complexity index is 652. The molecule has 2 aromatic rings. The Morgan fingerprint density at radius 3 is 3.14 bits per heavy atom. The van der Waals surface area contributed by atoms with Crippen molar-refractivity contribution in [3.8, 4) is 10.6 Å². The minimum atomic E-state index is -0.661. The van der Waals surface area contributed by atoms with Crippen LogP contribution in [0.15, 0.2) is 28.1 Å². The van der Waals surface area contributed by atoms with E-state index in [2.05, 4.69) is 10.1 Å². The Balaban J connectivity index is 1.51. The van der Waals surface area contributed by atoms with Gasteiger partial charge in [-0.15, -0.1) is 11.3 Å². The van der Waals surface area contributed by atoms with Crippen LogP contribution < -0.4 is 0 Å². The van der Waals surface area contributed by atoms with Crippen molar-refractivity contribution in [1.29, 1.82) is 0 Å². The van der Waals surface area contributed by atoms with Gasteiger partial charge < -0.3 is 9.63 Å². The van der Waals surface area contributed by atoms with Gasteiger partial charge in [-0.05, 0) is 30.7 Å². The van der Waals surface area contributed by atoms with Crippen LogP contribution in [-0.4, -0.2) is 33.2 Å². The summed E-state index contributed by atoms with van der Waals surface area (Å²) in [6, 6.07) is 6.52. The predicted molar refractivity (Wildman–Crippen MR) is 77.9 cm³/mol. The monoisotopic (exact) mass is 304 g/mol. The third-order valence-electron chi connectivity index (χ3n) is 4.67. The van der Waals surface area contributed by atoms with Gasteiger partial charge in [0, 0.05) is 24.7 Å². The number of carbonyl (C=O) groups is 1. The van der Waals surface area contributed by atoms with Crippen LogP contribution in [0.1, 0.15) is 25.0 Å². The molecule has 2 fully saturated rings. The average Bonchev–Trinajstić information content (AvgIpc) is 3.22. The molecule has 1 N–H and O–H groups in total. The van der Waals surface area contributed by atoms with Gasteiger partial charge in [-0.25, -0.2) is 0 Å². The number of rotatable bonds is 4. The molecule has 0 amide bonds. The standard InChI is InChI=1S/C15H16N2O3S/c18-15(19)11-7-10-3-4-12(11)17(10)8-9-6-13(20-16-9)14-2-1-5-21-14/h1-2,5-6,10-12H,3-4,7-8H2,(H,18,19). The molecular weight excluding hydrogens is 288 g/mol. The highest BCUT2D eigenvalue weighted by molar-refractivity contribution is 7.13. The van der Waals surface area contributed by atoms with Gasteiger partial charge in [0.2, 0.25) is 0 Å². The maximum Gasteiger partial charge on any atom is 0.308 e. The van der Waals surface area contributed by atoms with E-state index in [9.17, 15) is 9.90 Å². The number of aromatic nitrogens is 1. The fourth-order valence-corrected chi connectivity index (χ4v) is 4.39. The van der Waals surface area contributed by atoms with E-state index in [0.717, 1.165) is 35.6 Å². The average molecular weight is 304 g/mol. The number of nitrogens with zero attached hydrogens (tertiary/aromatic N) is 2. The van der Waals surface area contributed by atoms with E-state index in [-0.39, 0.29) is 12.0 Å². The van der Waals surface area contributed by atoms with Crippen LogP contribution in [0.3, 0.4) is 0 Å². The molecule has 0 saturated carbocycles. The lowest BCUT2D eigenvalue weighted by Gasteiger charge is -2.21. The molecule has 4 rings (SSSR count). The molecule has 2 saturated heterocycles. The number of hydrogen-bond acceptors (Lipinski definition) is 5. The summed E-state index contributed by atoms with van der Waals surface area (Å²) >= 11 is 1.62. The summed E-state index contributed by atoms with van der Waals surface area (Å²) in [5, 5.41) is 15.4. The van der Waals surface area contributed by atoms with Crippen LogP contribution in [0.2, 0.25) is 0 Å². The Morgan fingerprint density at radius 1 is 1.52 bits per heavy atom. The lowest BCUT2D eigenvalue weighted by atomic mass is 9.89. The van der Waals surface area contributed by atoms with E-state index < -0.39 is 5.97 Å². The van der Waals surface area contributed by atoms with Crippen LogP contribution in [0, 0.1) is 5.92 Å². The van der Waals surface area contributed by atoms with Crippen molar-refractivity contribution >= 4 is 17.3 Å². The maximum atomic E-state index is 11.3. The number of carboxylic acid groups (broad SMARTS) is 1. The number of carboxylic acids is 1. The smallest absolute Gasteiger partial charge is 0.308 e. The Morgan fingerprint density at radius 2 is 2.43 bits per heavy atom. The number of fused-ring (bicyclic) bond motifs is 2. The molecule has 2 aliphatic heterocycles. The van der Waals surface area contributed by atoms with Gasteiger partial charge in [0.1, 0.15) is 0 Å². The first-order valence-corrected chi connectivity index (χ1v) is 8.08. The van der Waals surface area contributed by atoms with Crippen molar-refractivity contribution in [3.05, 3.63) is 29.3 Å². The molecule has 2 bridgehead atoms. The highest BCUT2D eigenvalue weighted by atomic mass is 32.1. The van der Waals surface area contributed by atoms with E-state index in [0.29, 0.717) is 12.6 Å². The topological polar surface area (TPSA) is 66.6 Å². The second-order valence-corrected chi connectivity index (χ2v) is 6.76. The summed E-state index contributed by atoms with van der Waals surface area (Å²) in [6.07, 6.45) is 2.86. The first-order chi connectivity index (χ1) is 10.2. The predicted octanol–water partition coefficient (Wildman–Crippen LogP) is 2.84. The molecule has 3 atom stereocenters. The molecule has 110 valence electrons. The number of aliphatic carboxylic acids is 1. The van der Waals surface area contributed by atoms with Crippen molar-refractivity contribution in [2.24, 2.45) is 5.92 Å². The van der Waals surface area contributed by atoms with Crippen LogP contribution in [-0.2, 0) is 11.3 Å². The van der Waals surface area contributed by atoms with Crippen molar-refractivity contribution in [2.45, 2.75) is 37.9 Å². The van der Waals surface area contributed by atoms with Gasteiger partial charge in [-0.2, -0.15) is 0 Å². The van der Waals surface area contributed by atoms with Crippen molar-refractivity contribution in [1.82, 2.24) is 10.1 Å². The van der Waals surface area contributed by atoms with E-state index in [1.807, 2.05) is 23.6 Å². The van der Waals surface area contributed by atoms with Gasteiger partial charge in [0.25, 0.3) is 0 Å². The SMILES string of the molecule is O=C(O)C1CC2CCC1N2Cc1cc(-c2cccs2)on1. The van der Waals surface area contributed by atoms with Crippen LogP contribution in [0.25, 0.3) is 10.6 Å². The molecule has 0 aromatic carbocycles. The zero-order valence-corrected chi connectivity index (χ0v) is 12.3. The minimum absolute atomic E-state index is 0.161. The highest BCUT2D eigenvalue weighted by Gasteiger charge is 2.49. The largest absolute Gasteiger partial charge is 0.481 e. The molecular formula is C15H16N2O3S. The van der Waals surface area contributed by atoms with E-state index in [4.69, 9.17) is 4.52 Å². The molecule has 3 unspecified atom stereocenters. The first-order valence-electron chi connectivity index (χ1n) is 7.20. The normalized spacial score (nSPS) is 28.3. The molecule has 6 heteroatoms. The fourth-order valence-electron chi connectivity index (χ4n) is 3.72. The van der Waals surface area contributed by atoms with Crippen molar-refractivity contribution < 1.29 is 14.4 Å². The Kier molecular flexibility index (Phi) is 3.08. The summed E-state index contributed by atoms with van der Waals surface area (Å²) in [5.74, 6) is -0.0830. The lowest BCUT2D eigenvalue weighted by Crippen LogP contribution is -2.32. The molecule has 4 heterocycles. The van der Waals surface area contributed by atoms with Crippen molar-refractivity contribution in [2.75, 3.05) is 0 Å². The quantitative estimate of drug-likeness (QED) is 0.941. The zero-order valence-electron chi connectivity index (χ0n) is 11.4. The summed E-state index contributed by atoms with van der Waals surface area (Å²) < 4.78 is 5.40. The molecule has 5 nitrogen and oxygen atoms in total. The molecule has 0 spiro atoms. The van der Waals surface area contributed by atoms with Gasteiger partial charge >= 0.3 is 5.97 Å². The van der Waals surface area contributed by atoms with E-state index in [1.165, 1.54) is 0 Å². The molecule has 2 aromatic heterocycles. The number of thiophene rings is 1. The summed E-state index contributed by atoms with van der Waals surface area (Å²) in [7, 11) is 0. The first kappa shape index (κ1) is 13.0. The van der Waals surface area contributed by atoms with Crippen molar-refractivity contribution in [3.63, 3.8) is 0 Å². The molecule has 21 heavy (non-hydrogen) atoms. The zero-order chi connectivity index (χ0) is 14.4. The van der Waals surface area contributed by atoms with Crippen LogP contribution >= 0.6 is 11.3 Å². The Hall–Kier alpha value is -1.66. The van der Waals surface area contributed by atoms with Crippen LogP contribution in [0.4, 0.5) is 0 Å². The second-order valence-electron chi connectivity index (χ2n) is 5.81. The minimum Gasteiger partial charge on any atom is -0.481 e. The summed E-state index contributed by atoms with van der Waals surface area (Å²) in [5.41, 5.74) is 0.890. The van der Waals surface area contributed by atoms with Gasteiger partial charge in [-0.3, -0.25) is 9.69 Å².